The minimum Gasteiger partial charge on any atom is -0.302 e. The third kappa shape index (κ3) is 4.84. The van der Waals surface area contributed by atoms with Crippen LogP contribution in [-0.4, -0.2) is 17.3 Å². The molecule has 1 atom stereocenters. The lowest BCUT2D eigenvalue weighted by molar-refractivity contribution is -0.120. The molecule has 2 rings (SSSR count). The third-order valence-corrected chi connectivity index (χ3v) is 3.97. The normalized spacial score (nSPS) is 12.4. The van der Waals surface area contributed by atoms with Gasteiger partial charge in [0.25, 0.3) is 0 Å². The molecule has 1 aromatic heterocycles. The van der Waals surface area contributed by atoms with Gasteiger partial charge in [0.2, 0.25) is 12.3 Å². The number of thiazole rings is 1. The van der Waals surface area contributed by atoms with Gasteiger partial charge in [-0.25, -0.2) is 18.2 Å². The molecule has 0 radical (unpaired) electrons. The maximum atomic E-state index is 12.8. The van der Waals surface area contributed by atoms with Gasteiger partial charge in [0.15, 0.2) is 5.13 Å². The van der Waals surface area contributed by atoms with E-state index in [9.17, 15) is 18.0 Å². The maximum Gasteiger partial charge on any atom is 0.239 e. The predicted molar refractivity (Wildman–Crippen MR) is 79.7 cm³/mol. The zero-order valence-electron chi connectivity index (χ0n) is 11.9. The maximum absolute atomic E-state index is 12.8. The standard InChI is InChI=1S/C15H15F3N2OS/c1-9(6-13(17)18)14(21)20-15-19-8-12(22-15)7-10-2-4-11(16)5-3-10/h2-5,8-9,13H,6-7H2,1H3,(H,19,20,21). The highest BCUT2D eigenvalue weighted by atomic mass is 32.1. The molecule has 1 aromatic carbocycles. The van der Waals surface area contributed by atoms with Gasteiger partial charge >= 0.3 is 0 Å². The Labute approximate surface area is 130 Å². The van der Waals surface area contributed by atoms with Crippen molar-refractivity contribution < 1.29 is 18.0 Å². The number of nitrogens with zero attached hydrogens (tertiary/aromatic N) is 1. The number of carbonyl (C=O) groups is 1. The van der Waals surface area contributed by atoms with E-state index in [-0.39, 0.29) is 5.82 Å². The number of alkyl halides is 2. The summed E-state index contributed by atoms with van der Waals surface area (Å²) in [4.78, 5) is 16.7. The van der Waals surface area contributed by atoms with Crippen molar-refractivity contribution in [3.05, 3.63) is 46.7 Å². The molecule has 0 spiro atoms. The molecule has 0 aliphatic rings. The average Bonchev–Trinajstić information content (AvgIpc) is 2.88. The van der Waals surface area contributed by atoms with Crippen LogP contribution in [0.5, 0.6) is 0 Å². The lowest BCUT2D eigenvalue weighted by Crippen LogP contribution is -2.22. The number of nitrogens with one attached hydrogen (secondary N) is 1. The minimum absolute atomic E-state index is 0.297. The molecule has 0 fully saturated rings. The molecule has 2 aromatic rings. The average molecular weight is 328 g/mol. The van der Waals surface area contributed by atoms with E-state index < -0.39 is 24.7 Å². The molecule has 1 unspecified atom stereocenters. The van der Waals surface area contributed by atoms with Gasteiger partial charge in [-0.2, -0.15) is 0 Å². The molecule has 1 heterocycles. The second kappa shape index (κ2) is 7.40. The van der Waals surface area contributed by atoms with E-state index in [1.54, 1.807) is 18.3 Å². The number of anilines is 1. The predicted octanol–water partition coefficient (Wildman–Crippen LogP) is 4.10. The van der Waals surface area contributed by atoms with Gasteiger partial charge in [-0.05, 0) is 17.7 Å². The summed E-state index contributed by atoms with van der Waals surface area (Å²) in [5.41, 5.74) is 0.925. The Hall–Kier alpha value is -1.89. The summed E-state index contributed by atoms with van der Waals surface area (Å²) in [6.45, 7) is 1.45. The molecule has 7 heteroatoms. The van der Waals surface area contributed by atoms with E-state index in [0.29, 0.717) is 11.6 Å². The number of hydrogen-bond donors (Lipinski definition) is 1. The van der Waals surface area contributed by atoms with E-state index in [0.717, 1.165) is 10.4 Å². The fraction of sp³-hybridized carbons (Fsp3) is 0.333. The van der Waals surface area contributed by atoms with E-state index in [1.807, 2.05) is 0 Å². The van der Waals surface area contributed by atoms with Crippen molar-refractivity contribution in [2.45, 2.75) is 26.2 Å². The first-order valence-electron chi connectivity index (χ1n) is 6.72. The first-order valence-corrected chi connectivity index (χ1v) is 7.54. The number of hydrogen-bond acceptors (Lipinski definition) is 3. The molecule has 0 saturated carbocycles. The largest absolute Gasteiger partial charge is 0.302 e. The minimum atomic E-state index is -2.51. The van der Waals surface area contributed by atoms with Crippen LogP contribution in [0, 0.1) is 11.7 Å². The second-order valence-corrected chi connectivity index (χ2v) is 6.07. The molecule has 3 nitrogen and oxygen atoms in total. The molecule has 1 amide bonds. The smallest absolute Gasteiger partial charge is 0.239 e. The van der Waals surface area contributed by atoms with Crippen LogP contribution in [0.15, 0.2) is 30.5 Å². The van der Waals surface area contributed by atoms with Gasteiger partial charge in [0.1, 0.15) is 5.82 Å². The Bertz CT molecular complexity index is 628. The van der Waals surface area contributed by atoms with Gasteiger partial charge in [0.05, 0.1) is 0 Å². The zero-order chi connectivity index (χ0) is 16.1. The zero-order valence-corrected chi connectivity index (χ0v) is 12.7. The summed E-state index contributed by atoms with van der Waals surface area (Å²) in [7, 11) is 0. The van der Waals surface area contributed by atoms with Crippen LogP contribution in [0.2, 0.25) is 0 Å². The topological polar surface area (TPSA) is 42.0 Å². The summed E-state index contributed by atoms with van der Waals surface area (Å²) in [6, 6.07) is 6.12. The lowest BCUT2D eigenvalue weighted by atomic mass is 10.1. The Morgan fingerprint density at radius 2 is 2.00 bits per heavy atom. The quantitative estimate of drug-likeness (QED) is 0.867. The summed E-state index contributed by atoms with van der Waals surface area (Å²) in [6.07, 6.45) is -0.798. The Morgan fingerprint density at radius 3 is 2.64 bits per heavy atom. The van der Waals surface area contributed by atoms with E-state index in [1.165, 1.54) is 30.4 Å². The molecular formula is C15H15F3N2OS. The molecule has 0 aliphatic carbocycles. The summed E-state index contributed by atoms with van der Waals surface area (Å²) in [5, 5.41) is 2.92. The van der Waals surface area contributed by atoms with Crippen molar-refractivity contribution in [3.63, 3.8) is 0 Å². The molecule has 22 heavy (non-hydrogen) atoms. The van der Waals surface area contributed by atoms with Crippen LogP contribution in [0.3, 0.4) is 0 Å². The Morgan fingerprint density at radius 1 is 1.32 bits per heavy atom. The van der Waals surface area contributed by atoms with Crippen LogP contribution in [-0.2, 0) is 11.2 Å². The van der Waals surface area contributed by atoms with Gasteiger partial charge in [-0.15, -0.1) is 11.3 Å². The van der Waals surface area contributed by atoms with E-state index >= 15 is 0 Å². The summed E-state index contributed by atoms with van der Waals surface area (Å²) in [5.74, 6) is -1.54. The molecular weight excluding hydrogens is 313 g/mol. The number of carbonyl (C=O) groups excluding carboxylic acids is 1. The third-order valence-electron chi connectivity index (χ3n) is 3.05. The molecule has 118 valence electrons. The lowest BCUT2D eigenvalue weighted by Gasteiger charge is -2.09. The molecule has 0 aliphatic heterocycles. The van der Waals surface area contributed by atoms with Gasteiger partial charge in [-0.3, -0.25) is 4.79 Å². The number of aromatic nitrogens is 1. The van der Waals surface area contributed by atoms with Crippen LogP contribution in [0.25, 0.3) is 0 Å². The first kappa shape index (κ1) is 16.5. The number of halogens is 3. The highest BCUT2D eigenvalue weighted by molar-refractivity contribution is 7.15. The number of amides is 1. The first-order chi connectivity index (χ1) is 10.4. The summed E-state index contributed by atoms with van der Waals surface area (Å²) >= 11 is 1.27. The van der Waals surface area contributed by atoms with E-state index in [2.05, 4.69) is 10.3 Å². The van der Waals surface area contributed by atoms with Crippen molar-refractivity contribution in [3.8, 4) is 0 Å². The van der Waals surface area contributed by atoms with Crippen molar-refractivity contribution in [1.82, 2.24) is 4.98 Å². The van der Waals surface area contributed by atoms with Crippen LogP contribution in [0.4, 0.5) is 18.3 Å². The van der Waals surface area contributed by atoms with Crippen molar-refractivity contribution >= 4 is 22.4 Å². The van der Waals surface area contributed by atoms with Crippen molar-refractivity contribution in [1.29, 1.82) is 0 Å². The highest BCUT2D eigenvalue weighted by Gasteiger charge is 2.19. The molecule has 0 saturated heterocycles. The SMILES string of the molecule is CC(CC(F)F)C(=O)Nc1ncc(Cc2ccc(F)cc2)s1. The van der Waals surface area contributed by atoms with Gasteiger partial charge in [-0.1, -0.05) is 19.1 Å². The van der Waals surface area contributed by atoms with Crippen molar-refractivity contribution in [2.75, 3.05) is 5.32 Å². The Kier molecular flexibility index (Phi) is 5.54. The van der Waals surface area contributed by atoms with Gasteiger partial charge < -0.3 is 5.32 Å². The number of benzene rings is 1. The van der Waals surface area contributed by atoms with Crippen LogP contribution >= 0.6 is 11.3 Å². The fourth-order valence-electron chi connectivity index (χ4n) is 1.85. The number of rotatable bonds is 6. The molecule has 1 N–H and O–H groups in total. The van der Waals surface area contributed by atoms with Crippen LogP contribution in [0.1, 0.15) is 23.8 Å². The van der Waals surface area contributed by atoms with Crippen molar-refractivity contribution in [2.24, 2.45) is 5.92 Å². The fourth-order valence-corrected chi connectivity index (χ4v) is 2.70. The van der Waals surface area contributed by atoms with Gasteiger partial charge in [0, 0.05) is 29.8 Å². The van der Waals surface area contributed by atoms with Crippen LogP contribution < -0.4 is 5.32 Å². The second-order valence-electron chi connectivity index (χ2n) is 4.95. The molecule has 0 bridgehead atoms. The Balaban J connectivity index is 1.93. The summed E-state index contributed by atoms with van der Waals surface area (Å²) < 4.78 is 37.3. The monoisotopic (exact) mass is 328 g/mol. The van der Waals surface area contributed by atoms with E-state index in [4.69, 9.17) is 0 Å². The highest BCUT2D eigenvalue weighted by Crippen LogP contribution is 2.22.